The van der Waals surface area contributed by atoms with Crippen LogP contribution in [0.5, 0.6) is 11.5 Å². The Hall–Kier alpha value is -1.34. The maximum atomic E-state index is 13.4. The minimum atomic E-state index is -1.45. The number of carbonyl (C=O) groups is 1. The van der Waals surface area contributed by atoms with Gasteiger partial charge < -0.3 is 20.7 Å². The molecule has 0 amide bonds. The zero-order valence-electron chi connectivity index (χ0n) is 8.20. The van der Waals surface area contributed by atoms with E-state index >= 15 is 0 Å². The van der Waals surface area contributed by atoms with Crippen molar-refractivity contribution in [3.8, 4) is 11.5 Å². The van der Waals surface area contributed by atoms with Gasteiger partial charge in [-0.15, -0.1) is 0 Å². The number of phenols is 1. The molecule has 0 aliphatic rings. The maximum Gasteiger partial charge on any atom is 0.325 e. The summed E-state index contributed by atoms with van der Waals surface area (Å²) < 4.78 is 18.0. The summed E-state index contributed by atoms with van der Waals surface area (Å²) in [5.74, 6) is -3.21. The van der Waals surface area contributed by atoms with E-state index < -0.39 is 29.3 Å². The van der Waals surface area contributed by atoms with Crippen molar-refractivity contribution in [1.29, 1.82) is 0 Å². The lowest BCUT2D eigenvalue weighted by atomic mass is 10.1. The molecule has 1 rings (SSSR count). The minimum absolute atomic E-state index is 0.0335. The molecular weight excluding hydrogens is 285 g/mol. The quantitative estimate of drug-likeness (QED) is 0.783. The van der Waals surface area contributed by atoms with Crippen LogP contribution in [-0.2, 0) is 4.79 Å². The molecule has 1 aromatic carbocycles. The summed E-state index contributed by atoms with van der Waals surface area (Å²) in [5, 5.41) is 18.3. The van der Waals surface area contributed by atoms with Crippen LogP contribution in [0.4, 0.5) is 4.39 Å². The van der Waals surface area contributed by atoms with Gasteiger partial charge in [-0.25, -0.2) is 4.39 Å². The van der Waals surface area contributed by atoms with Crippen LogP contribution in [0, 0.1) is 5.82 Å². The van der Waals surface area contributed by atoms with Gasteiger partial charge >= 0.3 is 5.97 Å². The first-order chi connectivity index (χ1) is 7.40. The standard InChI is InChI=1S/C9H9BrFNO4/c1-16-8-5(11)4(10)2-3(7(8)13)6(12)9(14)15/h2,6,13H,12H2,1H3,(H,14,15). The summed E-state index contributed by atoms with van der Waals surface area (Å²) in [6.45, 7) is 0. The molecule has 1 aromatic rings. The highest BCUT2D eigenvalue weighted by Crippen LogP contribution is 2.39. The number of phenolic OH excluding ortho intramolecular Hbond substituents is 1. The summed E-state index contributed by atoms with van der Waals surface area (Å²) >= 11 is 2.87. The SMILES string of the molecule is COc1c(O)c(C(N)C(=O)O)cc(Br)c1F. The molecule has 0 spiro atoms. The van der Waals surface area contributed by atoms with E-state index in [9.17, 15) is 14.3 Å². The summed E-state index contributed by atoms with van der Waals surface area (Å²) in [6, 6.07) is -0.350. The molecule has 4 N–H and O–H groups in total. The average Bonchev–Trinajstić information content (AvgIpc) is 2.23. The molecule has 16 heavy (non-hydrogen) atoms. The monoisotopic (exact) mass is 293 g/mol. The number of aliphatic carboxylic acids is 1. The molecule has 1 atom stereocenters. The van der Waals surface area contributed by atoms with Crippen LogP contribution in [0.2, 0.25) is 0 Å². The Kier molecular flexibility index (Phi) is 3.71. The summed E-state index contributed by atoms with van der Waals surface area (Å²) in [4.78, 5) is 10.7. The van der Waals surface area contributed by atoms with E-state index in [2.05, 4.69) is 20.7 Å². The average molecular weight is 294 g/mol. The molecule has 0 bridgehead atoms. The van der Waals surface area contributed by atoms with E-state index in [0.29, 0.717) is 0 Å². The second-order valence-electron chi connectivity index (χ2n) is 2.96. The molecule has 5 nitrogen and oxygen atoms in total. The molecular formula is C9H9BrFNO4. The van der Waals surface area contributed by atoms with Crippen LogP contribution in [0.1, 0.15) is 11.6 Å². The lowest BCUT2D eigenvalue weighted by Gasteiger charge is -2.13. The molecule has 0 aliphatic carbocycles. The number of aromatic hydroxyl groups is 1. The highest BCUT2D eigenvalue weighted by Gasteiger charge is 2.24. The van der Waals surface area contributed by atoms with Gasteiger partial charge in [-0.2, -0.15) is 0 Å². The Morgan fingerprint density at radius 1 is 1.69 bits per heavy atom. The zero-order chi connectivity index (χ0) is 12.5. The van der Waals surface area contributed by atoms with Crippen LogP contribution < -0.4 is 10.5 Å². The molecule has 0 heterocycles. The Morgan fingerprint density at radius 3 is 2.69 bits per heavy atom. The highest BCUT2D eigenvalue weighted by atomic mass is 79.9. The van der Waals surface area contributed by atoms with Crippen molar-refractivity contribution in [3.63, 3.8) is 0 Å². The van der Waals surface area contributed by atoms with E-state index in [0.717, 1.165) is 13.2 Å². The molecule has 0 saturated heterocycles. The topological polar surface area (TPSA) is 92.8 Å². The first-order valence-electron chi connectivity index (χ1n) is 4.13. The normalized spacial score (nSPS) is 12.2. The summed E-state index contributed by atoms with van der Waals surface area (Å²) in [7, 11) is 1.15. The lowest BCUT2D eigenvalue weighted by Crippen LogP contribution is -2.21. The van der Waals surface area contributed by atoms with Crippen molar-refractivity contribution < 1.29 is 24.1 Å². The van der Waals surface area contributed by atoms with Crippen molar-refractivity contribution in [1.82, 2.24) is 0 Å². The molecule has 0 fully saturated rings. The van der Waals surface area contributed by atoms with E-state index in [1.54, 1.807) is 0 Å². The fraction of sp³-hybridized carbons (Fsp3) is 0.222. The number of hydrogen-bond donors (Lipinski definition) is 3. The molecule has 0 saturated carbocycles. The van der Waals surface area contributed by atoms with Gasteiger partial charge in [-0.1, -0.05) is 0 Å². The maximum absolute atomic E-state index is 13.4. The van der Waals surface area contributed by atoms with Gasteiger partial charge in [-0.05, 0) is 22.0 Å². The van der Waals surface area contributed by atoms with Crippen molar-refractivity contribution in [2.24, 2.45) is 5.73 Å². The Morgan fingerprint density at radius 2 is 2.25 bits per heavy atom. The number of benzene rings is 1. The van der Waals surface area contributed by atoms with E-state index in [4.69, 9.17) is 10.8 Å². The number of halogens is 2. The lowest BCUT2D eigenvalue weighted by molar-refractivity contribution is -0.138. The molecule has 0 aliphatic heterocycles. The number of carboxylic acids is 1. The smallest absolute Gasteiger partial charge is 0.325 e. The van der Waals surface area contributed by atoms with Crippen LogP contribution in [0.3, 0.4) is 0 Å². The molecule has 88 valence electrons. The van der Waals surface area contributed by atoms with Crippen molar-refractivity contribution in [3.05, 3.63) is 21.9 Å². The number of methoxy groups -OCH3 is 1. The third kappa shape index (κ3) is 2.10. The minimum Gasteiger partial charge on any atom is -0.504 e. The highest BCUT2D eigenvalue weighted by molar-refractivity contribution is 9.10. The summed E-state index contributed by atoms with van der Waals surface area (Å²) in [5.41, 5.74) is 5.20. The number of ether oxygens (including phenoxy) is 1. The first-order valence-corrected chi connectivity index (χ1v) is 4.92. The van der Waals surface area contributed by atoms with Crippen LogP contribution >= 0.6 is 15.9 Å². The third-order valence-corrected chi connectivity index (χ3v) is 2.56. The Bertz CT molecular complexity index is 438. The van der Waals surface area contributed by atoms with Gasteiger partial charge in [0, 0.05) is 5.56 Å². The van der Waals surface area contributed by atoms with E-state index in [1.807, 2.05) is 0 Å². The predicted molar refractivity (Wildman–Crippen MR) is 56.9 cm³/mol. The molecule has 0 radical (unpaired) electrons. The van der Waals surface area contributed by atoms with Gasteiger partial charge in [0.05, 0.1) is 11.6 Å². The van der Waals surface area contributed by atoms with Gasteiger partial charge in [0.15, 0.2) is 17.3 Å². The van der Waals surface area contributed by atoms with Gasteiger partial charge in [-0.3, -0.25) is 4.79 Å². The van der Waals surface area contributed by atoms with Gasteiger partial charge in [0.2, 0.25) is 0 Å². The van der Waals surface area contributed by atoms with E-state index in [-0.39, 0.29) is 10.0 Å². The number of nitrogens with two attached hydrogens (primary N) is 1. The zero-order valence-corrected chi connectivity index (χ0v) is 9.78. The van der Waals surface area contributed by atoms with Crippen LogP contribution in [0.25, 0.3) is 0 Å². The van der Waals surface area contributed by atoms with Crippen molar-refractivity contribution in [2.75, 3.05) is 7.11 Å². The molecule has 7 heteroatoms. The fourth-order valence-corrected chi connectivity index (χ4v) is 1.59. The summed E-state index contributed by atoms with van der Waals surface area (Å²) in [6.07, 6.45) is 0. The molecule has 1 unspecified atom stereocenters. The van der Waals surface area contributed by atoms with Crippen LogP contribution in [0.15, 0.2) is 10.5 Å². The first kappa shape index (κ1) is 12.7. The second-order valence-corrected chi connectivity index (χ2v) is 3.81. The van der Waals surface area contributed by atoms with E-state index in [1.165, 1.54) is 0 Å². The molecule has 0 aromatic heterocycles. The predicted octanol–water partition coefficient (Wildman–Crippen LogP) is 1.39. The van der Waals surface area contributed by atoms with Crippen molar-refractivity contribution in [2.45, 2.75) is 6.04 Å². The van der Waals surface area contributed by atoms with Crippen molar-refractivity contribution >= 4 is 21.9 Å². The third-order valence-electron chi connectivity index (χ3n) is 1.99. The number of hydrogen-bond acceptors (Lipinski definition) is 4. The van der Waals surface area contributed by atoms with Gasteiger partial charge in [0.25, 0.3) is 0 Å². The Balaban J connectivity index is 3.42. The van der Waals surface area contributed by atoms with Gasteiger partial charge in [0.1, 0.15) is 6.04 Å². The second kappa shape index (κ2) is 4.67. The fourth-order valence-electron chi connectivity index (χ4n) is 1.17. The number of rotatable bonds is 3. The van der Waals surface area contributed by atoms with Crippen LogP contribution in [-0.4, -0.2) is 23.3 Å². The number of carboxylic acid groups (broad SMARTS) is 1. The Labute approximate surface area is 98.8 Å². The largest absolute Gasteiger partial charge is 0.504 e.